The van der Waals surface area contributed by atoms with Gasteiger partial charge in [0.2, 0.25) is 0 Å². The molecule has 0 amide bonds. The van der Waals surface area contributed by atoms with Crippen molar-refractivity contribution >= 4 is 22.7 Å². The molecule has 28 heavy (non-hydrogen) atoms. The largest absolute Gasteiger partial charge is 1.00 e. The van der Waals surface area contributed by atoms with Crippen molar-refractivity contribution in [1.29, 1.82) is 0 Å². The summed E-state index contributed by atoms with van der Waals surface area (Å²) in [6.45, 7) is 2.00. The summed E-state index contributed by atoms with van der Waals surface area (Å²) in [5.74, 6) is 2.28. The van der Waals surface area contributed by atoms with Crippen molar-refractivity contribution in [2.45, 2.75) is 32.4 Å². The molecule has 0 radical (unpaired) electrons. The summed E-state index contributed by atoms with van der Waals surface area (Å²) >= 11 is 6.09. The molecular weight excluding hydrogens is 436 g/mol. The summed E-state index contributed by atoms with van der Waals surface area (Å²) in [7, 11) is 1.71. The van der Waals surface area contributed by atoms with Crippen LogP contribution >= 0.6 is 11.6 Å². The lowest BCUT2D eigenvalue weighted by molar-refractivity contribution is -0.681. The minimum absolute atomic E-state index is 0. The number of aromatic nitrogens is 2. The number of methoxy groups -OCH3 is 1. The van der Waals surface area contributed by atoms with Gasteiger partial charge in [-0.2, -0.15) is 0 Å². The third kappa shape index (κ3) is 3.19. The highest BCUT2D eigenvalue weighted by molar-refractivity contribution is 6.30. The Morgan fingerprint density at radius 2 is 1.64 bits per heavy atom. The first kappa shape index (κ1) is 19.3. The van der Waals surface area contributed by atoms with E-state index in [4.69, 9.17) is 16.3 Å². The fraction of sp³-hybridized carbons (Fsp3) is 0.261. The zero-order chi connectivity index (χ0) is 18.4. The SMILES string of the molecule is COc1ccc(C2=C3CCCCn4c(-c5ccc(Cl)cc5)c[n+](c43)C2)cc1.[Br-]. The minimum Gasteiger partial charge on any atom is -1.00 e. The monoisotopic (exact) mass is 456 g/mol. The normalized spacial score (nSPS) is 15.1. The quantitative estimate of drug-likeness (QED) is 0.552. The van der Waals surface area contributed by atoms with Crippen molar-refractivity contribution in [2.75, 3.05) is 7.11 Å². The summed E-state index contributed by atoms with van der Waals surface area (Å²) in [6.07, 6.45) is 5.89. The molecule has 0 unspecified atom stereocenters. The molecule has 0 saturated heterocycles. The molecule has 0 aliphatic carbocycles. The number of imidazole rings is 1. The van der Waals surface area contributed by atoms with E-state index in [-0.39, 0.29) is 17.0 Å². The van der Waals surface area contributed by atoms with Crippen LogP contribution in [0.1, 0.15) is 30.7 Å². The highest BCUT2D eigenvalue weighted by Crippen LogP contribution is 2.38. The Hall–Kier alpha value is -2.04. The van der Waals surface area contributed by atoms with Gasteiger partial charge in [0, 0.05) is 21.7 Å². The molecule has 2 aromatic carbocycles. The zero-order valence-electron chi connectivity index (χ0n) is 15.8. The van der Waals surface area contributed by atoms with E-state index in [1.165, 1.54) is 46.6 Å². The van der Waals surface area contributed by atoms with Gasteiger partial charge in [-0.15, -0.1) is 0 Å². The van der Waals surface area contributed by atoms with Crippen molar-refractivity contribution < 1.29 is 26.3 Å². The summed E-state index contributed by atoms with van der Waals surface area (Å²) < 4.78 is 10.2. The van der Waals surface area contributed by atoms with Crippen LogP contribution in [0, 0.1) is 0 Å². The van der Waals surface area contributed by atoms with E-state index in [0.717, 1.165) is 30.3 Å². The smallest absolute Gasteiger partial charge is 0.285 e. The van der Waals surface area contributed by atoms with Gasteiger partial charge in [-0.25, -0.2) is 9.13 Å². The lowest BCUT2D eigenvalue weighted by atomic mass is 9.98. The molecular formula is C23H22BrClN2O. The molecule has 3 nitrogen and oxygen atoms in total. The number of allylic oxidation sites excluding steroid dienone is 2. The topological polar surface area (TPSA) is 18.0 Å². The number of halogens is 2. The van der Waals surface area contributed by atoms with Gasteiger partial charge in [0.15, 0.2) is 5.69 Å². The Morgan fingerprint density at radius 1 is 0.929 bits per heavy atom. The van der Waals surface area contributed by atoms with Crippen molar-refractivity contribution in [3.8, 4) is 17.0 Å². The maximum absolute atomic E-state index is 6.09. The number of nitrogens with zero attached hydrogens (tertiary/aromatic N) is 2. The van der Waals surface area contributed by atoms with E-state index in [0.29, 0.717) is 0 Å². The van der Waals surface area contributed by atoms with Crippen molar-refractivity contribution in [2.24, 2.45) is 0 Å². The van der Waals surface area contributed by atoms with E-state index in [9.17, 15) is 0 Å². The molecule has 5 heteroatoms. The molecule has 144 valence electrons. The zero-order valence-corrected chi connectivity index (χ0v) is 18.1. The van der Waals surface area contributed by atoms with E-state index < -0.39 is 0 Å². The third-order valence-corrected chi connectivity index (χ3v) is 5.95. The van der Waals surface area contributed by atoms with Gasteiger partial charge in [0.05, 0.1) is 13.7 Å². The predicted octanol–water partition coefficient (Wildman–Crippen LogP) is 2.22. The molecule has 1 aromatic heterocycles. The van der Waals surface area contributed by atoms with E-state index in [1.807, 2.05) is 12.1 Å². The Kier molecular flexibility index (Phi) is 5.35. The molecule has 2 aliphatic heterocycles. The van der Waals surface area contributed by atoms with Gasteiger partial charge in [0.25, 0.3) is 5.82 Å². The average Bonchev–Trinajstić information content (AvgIpc) is 3.13. The van der Waals surface area contributed by atoms with Crippen LogP contribution in [0.3, 0.4) is 0 Å². The Balaban J connectivity index is 0.00000192. The highest BCUT2D eigenvalue weighted by Gasteiger charge is 2.36. The van der Waals surface area contributed by atoms with Crippen LogP contribution < -0.4 is 26.3 Å². The standard InChI is InChI=1S/C23H22ClN2O.BrH/c1-27-19-11-7-16(8-12-19)21-14-25-15-22(17-5-9-18(24)10-6-17)26-13-3-2-4-20(21)23(25)26;/h5-12,15H,2-4,13-14H2,1H3;1H/q+1;/p-1. The molecule has 2 aliphatic rings. The maximum atomic E-state index is 6.09. The van der Waals surface area contributed by atoms with Crippen LogP contribution in [0.2, 0.25) is 5.02 Å². The second-order valence-electron chi connectivity index (χ2n) is 7.27. The van der Waals surface area contributed by atoms with Crippen LogP contribution in [0.25, 0.3) is 22.4 Å². The number of rotatable bonds is 3. The van der Waals surface area contributed by atoms with Gasteiger partial charge in [-0.05, 0) is 61.2 Å². The number of hydrogen-bond acceptors (Lipinski definition) is 1. The van der Waals surface area contributed by atoms with E-state index in [1.54, 1.807) is 7.11 Å². The third-order valence-electron chi connectivity index (χ3n) is 5.70. The van der Waals surface area contributed by atoms with E-state index in [2.05, 4.69) is 51.7 Å². The van der Waals surface area contributed by atoms with Gasteiger partial charge < -0.3 is 21.7 Å². The van der Waals surface area contributed by atoms with Gasteiger partial charge in [-0.3, -0.25) is 0 Å². The second-order valence-corrected chi connectivity index (χ2v) is 7.70. The van der Waals surface area contributed by atoms with Crippen molar-refractivity contribution in [3.05, 3.63) is 71.1 Å². The molecule has 3 heterocycles. The van der Waals surface area contributed by atoms with Gasteiger partial charge in [-0.1, -0.05) is 23.7 Å². The van der Waals surface area contributed by atoms with Gasteiger partial charge in [0.1, 0.15) is 18.5 Å². The van der Waals surface area contributed by atoms with Crippen molar-refractivity contribution in [3.63, 3.8) is 0 Å². The average molecular weight is 458 g/mol. The molecule has 0 atom stereocenters. The molecule has 0 fully saturated rings. The summed E-state index contributed by atoms with van der Waals surface area (Å²) in [5.41, 5.74) is 6.77. The first-order valence-electron chi connectivity index (χ1n) is 9.50. The molecule has 3 aromatic rings. The molecule has 0 N–H and O–H groups in total. The fourth-order valence-corrected chi connectivity index (χ4v) is 4.50. The first-order chi connectivity index (χ1) is 13.2. The number of hydrogen-bond donors (Lipinski definition) is 0. The molecule has 0 saturated carbocycles. The van der Waals surface area contributed by atoms with Gasteiger partial charge >= 0.3 is 0 Å². The Labute approximate surface area is 181 Å². The summed E-state index contributed by atoms with van der Waals surface area (Å²) in [6, 6.07) is 16.7. The molecule has 0 bridgehead atoms. The van der Waals surface area contributed by atoms with Crippen molar-refractivity contribution in [1.82, 2.24) is 4.57 Å². The highest BCUT2D eigenvalue weighted by atomic mass is 79.9. The Bertz CT molecular complexity index is 1040. The molecule has 0 spiro atoms. The summed E-state index contributed by atoms with van der Waals surface area (Å²) in [5, 5.41) is 0.781. The summed E-state index contributed by atoms with van der Waals surface area (Å²) in [4.78, 5) is 0. The second kappa shape index (κ2) is 7.76. The first-order valence-corrected chi connectivity index (χ1v) is 9.88. The maximum Gasteiger partial charge on any atom is 0.285 e. The number of benzene rings is 2. The number of ether oxygens (including phenoxy) is 1. The predicted molar refractivity (Wildman–Crippen MR) is 109 cm³/mol. The van der Waals surface area contributed by atoms with Crippen LogP contribution in [-0.4, -0.2) is 11.7 Å². The van der Waals surface area contributed by atoms with Crippen LogP contribution in [0.15, 0.2) is 54.7 Å². The van der Waals surface area contributed by atoms with Crippen LogP contribution in [0.4, 0.5) is 0 Å². The van der Waals surface area contributed by atoms with Crippen LogP contribution in [-0.2, 0) is 13.1 Å². The van der Waals surface area contributed by atoms with Crippen LogP contribution in [0.5, 0.6) is 5.75 Å². The Morgan fingerprint density at radius 3 is 2.36 bits per heavy atom. The fourth-order valence-electron chi connectivity index (χ4n) is 4.37. The van der Waals surface area contributed by atoms with E-state index >= 15 is 0 Å². The molecule has 5 rings (SSSR count). The minimum atomic E-state index is 0. The lowest BCUT2D eigenvalue weighted by Crippen LogP contribution is -3.00. The lowest BCUT2D eigenvalue weighted by Gasteiger charge is -2.06.